The smallest absolute Gasteiger partial charge is 0.331 e. The predicted octanol–water partition coefficient (Wildman–Crippen LogP) is 3.74. The van der Waals surface area contributed by atoms with Crippen molar-refractivity contribution >= 4 is 47.1 Å². The van der Waals surface area contributed by atoms with E-state index in [9.17, 15) is 14.4 Å². The summed E-state index contributed by atoms with van der Waals surface area (Å²) in [6.07, 6.45) is 1.29. The number of urea groups is 1. The van der Waals surface area contributed by atoms with Gasteiger partial charge < -0.3 is 4.42 Å². The normalized spacial score (nSPS) is 16.5. The third-order valence-electron chi connectivity index (χ3n) is 3.61. The fraction of sp³-hybridized carbons (Fsp3) is 0.118. The lowest BCUT2D eigenvalue weighted by Crippen LogP contribution is -2.53. The van der Waals surface area contributed by atoms with Gasteiger partial charge in [0.2, 0.25) is 0 Å². The summed E-state index contributed by atoms with van der Waals surface area (Å²) in [5.41, 5.74) is 0.449. The molecular weight excluding hydrogens is 367 g/mol. The minimum absolute atomic E-state index is 0.152. The fourth-order valence-corrected chi connectivity index (χ4v) is 2.89. The van der Waals surface area contributed by atoms with Gasteiger partial charge in [-0.3, -0.25) is 19.8 Å². The van der Waals surface area contributed by atoms with Gasteiger partial charge in [0.1, 0.15) is 17.1 Å². The molecule has 0 bridgehead atoms. The lowest BCUT2D eigenvalue weighted by Gasteiger charge is -2.24. The van der Waals surface area contributed by atoms with Crippen molar-refractivity contribution in [2.24, 2.45) is 0 Å². The highest BCUT2D eigenvalue weighted by molar-refractivity contribution is 6.36. The Morgan fingerprint density at radius 1 is 1.16 bits per heavy atom. The lowest BCUT2D eigenvalue weighted by molar-refractivity contribution is -0.129. The molecule has 0 atom stereocenters. The quantitative estimate of drug-likeness (QED) is 0.651. The van der Waals surface area contributed by atoms with E-state index in [1.54, 1.807) is 37.3 Å². The molecule has 1 aliphatic rings. The minimum atomic E-state index is -0.762. The summed E-state index contributed by atoms with van der Waals surface area (Å²) in [5.74, 6) is -0.688. The van der Waals surface area contributed by atoms with Crippen LogP contribution < -0.4 is 5.32 Å². The van der Waals surface area contributed by atoms with Crippen molar-refractivity contribution in [1.29, 1.82) is 0 Å². The summed E-state index contributed by atoms with van der Waals surface area (Å²) >= 11 is 12.0. The van der Waals surface area contributed by atoms with Crippen molar-refractivity contribution in [3.05, 3.63) is 51.7 Å². The lowest BCUT2D eigenvalue weighted by atomic mass is 10.1. The first-order chi connectivity index (χ1) is 11.9. The van der Waals surface area contributed by atoms with Gasteiger partial charge in [0, 0.05) is 17.1 Å². The predicted molar refractivity (Wildman–Crippen MR) is 93.1 cm³/mol. The number of benzene rings is 1. The number of rotatable bonds is 3. The molecule has 4 amide bonds. The van der Waals surface area contributed by atoms with Gasteiger partial charge in [-0.25, -0.2) is 4.79 Å². The average Bonchev–Trinajstić information content (AvgIpc) is 3.00. The number of halogens is 2. The number of hydrogen-bond acceptors (Lipinski definition) is 4. The first-order valence-corrected chi connectivity index (χ1v) is 8.10. The molecule has 1 aromatic heterocycles. The zero-order valence-corrected chi connectivity index (χ0v) is 14.5. The second kappa shape index (κ2) is 6.74. The van der Waals surface area contributed by atoms with Crippen molar-refractivity contribution in [2.45, 2.75) is 6.92 Å². The molecule has 0 aliphatic carbocycles. The third kappa shape index (κ3) is 3.31. The van der Waals surface area contributed by atoms with Crippen molar-refractivity contribution in [3.63, 3.8) is 0 Å². The number of likely N-dealkylation sites (N-methyl/N-ethyl adjacent to an activating group) is 1. The summed E-state index contributed by atoms with van der Waals surface area (Å²) in [6.45, 7) is 1.79. The van der Waals surface area contributed by atoms with E-state index in [1.165, 1.54) is 6.08 Å². The zero-order valence-electron chi connectivity index (χ0n) is 13.0. The largest absolute Gasteiger partial charge is 0.457 e. The maximum atomic E-state index is 12.2. The van der Waals surface area contributed by atoms with Gasteiger partial charge >= 0.3 is 6.03 Å². The van der Waals surface area contributed by atoms with Crippen LogP contribution >= 0.6 is 23.2 Å². The van der Waals surface area contributed by atoms with Crippen LogP contribution in [0.4, 0.5) is 4.79 Å². The molecule has 8 heteroatoms. The molecule has 3 rings (SSSR count). The molecule has 1 aliphatic heterocycles. The van der Waals surface area contributed by atoms with Gasteiger partial charge in [0.15, 0.2) is 0 Å². The second-order valence-corrected chi connectivity index (χ2v) is 6.04. The van der Waals surface area contributed by atoms with Gasteiger partial charge in [0.05, 0.1) is 5.02 Å². The Morgan fingerprint density at radius 2 is 1.92 bits per heavy atom. The van der Waals surface area contributed by atoms with Gasteiger partial charge in [-0.15, -0.1) is 0 Å². The van der Waals surface area contributed by atoms with E-state index in [0.717, 1.165) is 4.90 Å². The third-order valence-corrected chi connectivity index (χ3v) is 4.16. The van der Waals surface area contributed by atoms with Crippen molar-refractivity contribution < 1.29 is 18.8 Å². The molecule has 1 fully saturated rings. The number of nitrogens with one attached hydrogen (secondary N) is 1. The number of barbiturate groups is 1. The van der Waals surface area contributed by atoms with Crippen molar-refractivity contribution in [1.82, 2.24) is 10.2 Å². The summed E-state index contributed by atoms with van der Waals surface area (Å²) < 4.78 is 5.65. The molecule has 128 valence electrons. The van der Waals surface area contributed by atoms with Gasteiger partial charge in [-0.1, -0.05) is 23.2 Å². The van der Waals surface area contributed by atoms with E-state index in [2.05, 4.69) is 5.32 Å². The molecule has 0 spiro atoms. The molecule has 0 radical (unpaired) electrons. The van der Waals surface area contributed by atoms with Crippen LogP contribution in [0, 0.1) is 0 Å². The van der Waals surface area contributed by atoms with E-state index in [4.69, 9.17) is 27.6 Å². The van der Waals surface area contributed by atoms with E-state index in [0.29, 0.717) is 21.4 Å². The maximum Gasteiger partial charge on any atom is 0.331 e. The van der Waals surface area contributed by atoms with E-state index >= 15 is 0 Å². The van der Waals surface area contributed by atoms with Crippen LogP contribution in [0.3, 0.4) is 0 Å². The number of nitrogens with zero attached hydrogens (tertiary/aromatic N) is 1. The Labute approximate surface area is 153 Å². The molecule has 0 saturated carbocycles. The Bertz CT molecular complexity index is 917. The van der Waals surface area contributed by atoms with E-state index in [-0.39, 0.29) is 17.9 Å². The van der Waals surface area contributed by atoms with Crippen LogP contribution in [-0.2, 0) is 9.59 Å². The van der Waals surface area contributed by atoms with E-state index in [1.807, 2.05) is 0 Å². The summed E-state index contributed by atoms with van der Waals surface area (Å²) in [5, 5.41) is 3.03. The zero-order chi connectivity index (χ0) is 18.1. The first kappa shape index (κ1) is 17.3. The Kier molecular flexibility index (Phi) is 4.65. The first-order valence-electron chi connectivity index (χ1n) is 7.35. The summed E-state index contributed by atoms with van der Waals surface area (Å²) in [4.78, 5) is 36.7. The van der Waals surface area contributed by atoms with Crippen LogP contribution in [0.5, 0.6) is 0 Å². The molecular formula is C17H12Cl2N2O4. The Balaban J connectivity index is 1.94. The van der Waals surface area contributed by atoms with Crippen molar-refractivity contribution in [3.8, 4) is 11.3 Å². The molecule has 0 unspecified atom stereocenters. The molecule has 1 N–H and O–H groups in total. The summed E-state index contributed by atoms with van der Waals surface area (Å²) in [7, 11) is 0. The van der Waals surface area contributed by atoms with Crippen LogP contribution in [0.25, 0.3) is 17.4 Å². The molecule has 1 aromatic carbocycles. The molecule has 1 saturated heterocycles. The second-order valence-electron chi connectivity index (χ2n) is 5.19. The Hall–Kier alpha value is -2.57. The van der Waals surface area contributed by atoms with Gasteiger partial charge in [-0.2, -0.15) is 0 Å². The number of carbonyl (C=O) groups excluding carboxylic acids is 3. The maximum absolute atomic E-state index is 12.2. The Morgan fingerprint density at radius 3 is 2.60 bits per heavy atom. The molecule has 2 heterocycles. The highest BCUT2D eigenvalue weighted by Crippen LogP contribution is 2.32. The number of carbonyl (C=O) groups is 3. The van der Waals surface area contributed by atoms with Crippen LogP contribution in [0.2, 0.25) is 10.0 Å². The topological polar surface area (TPSA) is 79.6 Å². The SMILES string of the molecule is CCN1C(=O)NC(=O)/C(=C/c2ccc(-c3ccc(Cl)cc3Cl)o2)C1=O. The standard InChI is InChI=1S/C17H12Cl2N2O4/c1-2-21-16(23)12(15(22)20-17(21)24)8-10-4-6-14(25-10)11-5-3-9(18)7-13(11)19/h3-8H,2H2,1H3,(H,20,22,24)/b12-8-. The van der Waals surface area contributed by atoms with Gasteiger partial charge in [0.25, 0.3) is 11.8 Å². The van der Waals surface area contributed by atoms with E-state index < -0.39 is 17.8 Å². The molecule has 2 aromatic rings. The number of imide groups is 2. The number of amides is 4. The molecule has 6 nitrogen and oxygen atoms in total. The molecule has 25 heavy (non-hydrogen) atoms. The highest BCUT2D eigenvalue weighted by atomic mass is 35.5. The van der Waals surface area contributed by atoms with Crippen LogP contribution in [0.1, 0.15) is 12.7 Å². The van der Waals surface area contributed by atoms with Crippen LogP contribution in [-0.4, -0.2) is 29.3 Å². The fourth-order valence-electron chi connectivity index (χ4n) is 2.39. The number of furan rings is 1. The number of hydrogen-bond donors (Lipinski definition) is 1. The highest BCUT2D eigenvalue weighted by Gasteiger charge is 2.34. The minimum Gasteiger partial charge on any atom is -0.457 e. The van der Waals surface area contributed by atoms with Crippen molar-refractivity contribution in [2.75, 3.05) is 6.54 Å². The average molecular weight is 379 g/mol. The summed E-state index contributed by atoms with van der Waals surface area (Å²) in [6, 6.07) is 7.49. The monoisotopic (exact) mass is 378 g/mol. The van der Waals surface area contributed by atoms with Crippen LogP contribution in [0.15, 0.2) is 40.3 Å². The van der Waals surface area contributed by atoms with Gasteiger partial charge in [-0.05, 0) is 43.3 Å².